The number of fused-ring (bicyclic) bond motifs is 7. The fourth-order valence-electron chi connectivity index (χ4n) is 13.0. The molecule has 0 saturated heterocycles. The van der Waals surface area contributed by atoms with E-state index in [-0.39, 0.29) is 49.5 Å². The highest BCUT2D eigenvalue weighted by Crippen LogP contribution is 2.77. The number of hydrogen-bond donors (Lipinski definition) is 2. The predicted octanol–water partition coefficient (Wildman–Crippen LogP) is 7.78. The maximum absolute atomic E-state index is 14.6. The summed E-state index contributed by atoms with van der Waals surface area (Å²) in [5, 5.41) is 14.5. The first-order chi connectivity index (χ1) is 23.5. The Hall–Kier alpha value is -1.94. The highest BCUT2D eigenvalue weighted by molar-refractivity contribution is 14.1. The maximum atomic E-state index is 14.6. The summed E-state index contributed by atoms with van der Waals surface area (Å²) in [6, 6.07) is 7.48. The number of ether oxygens (including phenoxy) is 1. The van der Waals surface area contributed by atoms with E-state index < -0.39 is 5.97 Å². The number of aliphatic hydroxyl groups excluding tert-OH is 1. The van der Waals surface area contributed by atoms with Crippen molar-refractivity contribution in [3.05, 3.63) is 47.5 Å². The van der Waals surface area contributed by atoms with Gasteiger partial charge in [0, 0.05) is 22.6 Å². The number of alkyl halides is 1. The van der Waals surface area contributed by atoms with Crippen molar-refractivity contribution in [3.8, 4) is 0 Å². The van der Waals surface area contributed by atoms with Crippen LogP contribution in [0, 0.1) is 51.2 Å². The Bertz CT molecular complexity index is 1530. The van der Waals surface area contributed by atoms with Gasteiger partial charge < -0.3 is 20.1 Å². The first-order valence-electron chi connectivity index (χ1n) is 19.2. The van der Waals surface area contributed by atoms with Crippen LogP contribution in [0.2, 0.25) is 0 Å². The van der Waals surface area contributed by atoms with Crippen LogP contribution in [0.25, 0.3) is 0 Å². The molecule has 0 spiro atoms. The van der Waals surface area contributed by atoms with E-state index >= 15 is 0 Å². The van der Waals surface area contributed by atoms with Gasteiger partial charge >= 0.3 is 5.97 Å². The number of allylic oxidation sites excluding steroid dienone is 1. The number of hydrogen-bond acceptors (Lipinski definition) is 5. The summed E-state index contributed by atoms with van der Waals surface area (Å²) < 4.78 is 4.84. The van der Waals surface area contributed by atoms with Gasteiger partial charge in [0.25, 0.3) is 5.91 Å². The smallest absolute Gasteiger partial charge is 0.325 e. The zero-order chi connectivity index (χ0) is 36.4. The molecule has 10 atom stereocenters. The van der Waals surface area contributed by atoms with E-state index in [1.165, 1.54) is 43.3 Å². The number of esters is 1. The van der Waals surface area contributed by atoms with Gasteiger partial charge in [-0.25, -0.2) is 0 Å². The Kier molecular flexibility index (Phi) is 10.2. The quantitative estimate of drug-likeness (QED) is 0.121. The fraction of sp³-hybridized carbons (Fsp3) is 0.738. The Morgan fingerprint density at radius 3 is 2.44 bits per heavy atom. The van der Waals surface area contributed by atoms with Crippen LogP contribution in [0.4, 0.5) is 0 Å². The van der Waals surface area contributed by atoms with Crippen molar-refractivity contribution in [1.29, 1.82) is 0 Å². The SMILES string of the molecule is C=C(C)[C@H]1CCC2(C(=O)NCCc3cccc(C(=O)N(C)CC(=O)OC)c3)CCC3(I)C(CCC4C5(C)CCC(O)C(C)(C)C5CCC43C)C12. The van der Waals surface area contributed by atoms with E-state index in [1.807, 2.05) is 18.2 Å². The van der Waals surface area contributed by atoms with E-state index in [2.05, 4.69) is 69.1 Å². The molecule has 5 aliphatic rings. The van der Waals surface area contributed by atoms with E-state index in [0.29, 0.717) is 48.1 Å². The van der Waals surface area contributed by atoms with Crippen molar-refractivity contribution >= 4 is 40.4 Å². The fourth-order valence-corrected chi connectivity index (χ4v) is 14.6. The molecular weight excluding hydrogens is 739 g/mol. The average molecular weight is 801 g/mol. The van der Waals surface area contributed by atoms with Crippen LogP contribution in [0.15, 0.2) is 36.4 Å². The molecule has 1 aromatic carbocycles. The molecule has 0 bridgehead atoms. The predicted molar refractivity (Wildman–Crippen MR) is 206 cm³/mol. The molecule has 5 aliphatic carbocycles. The van der Waals surface area contributed by atoms with Gasteiger partial charge in [-0.15, -0.1) is 0 Å². The van der Waals surface area contributed by atoms with Gasteiger partial charge in [0.2, 0.25) is 5.91 Å². The third-order valence-electron chi connectivity index (χ3n) is 15.6. The molecule has 5 saturated carbocycles. The Morgan fingerprint density at radius 1 is 1.00 bits per heavy atom. The lowest BCUT2D eigenvalue weighted by Crippen LogP contribution is -2.69. The molecule has 5 fully saturated rings. The molecule has 6 rings (SSSR count). The first kappa shape index (κ1) is 37.8. The lowest BCUT2D eigenvalue weighted by molar-refractivity contribution is -0.204. The number of carbonyl (C=O) groups is 3. The normalized spacial score (nSPS) is 39.9. The molecule has 2 amide bonds. The summed E-state index contributed by atoms with van der Waals surface area (Å²) in [4.78, 5) is 40.6. The Morgan fingerprint density at radius 2 is 1.74 bits per heavy atom. The van der Waals surface area contributed by atoms with Gasteiger partial charge in [0.05, 0.1) is 18.6 Å². The molecule has 0 radical (unpaired) electrons. The first-order valence-corrected chi connectivity index (χ1v) is 20.3. The number of carbonyl (C=O) groups excluding carboxylic acids is 3. The van der Waals surface area contributed by atoms with E-state index in [0.717, 1.165) is 44.1 Å². The zero-order valence-electron chi connectivity index (χ0n) is 31.6. The summed E-state index contributed by atoms with van der Waals surface area (Å²) in [5.41, 5.74) is 2.72. The third kappa shape index (κ3) is 5.79. The molecule has 276 valence electrons. The van der Waals surface area contributed by atoms with Crippen LogP contribution in [-0.2, 0) is 20.7 Å². The van der Waals surface area contributed by atoms with Gasteiger partial charge in [0.1, 0.15) is 6.54 Å². The second-order valence-corrected chi connectivity index (χ2v) is 20.0. The average Bonchev–Trinajstić information content (AvgIpc) is 3.48. The zero-order valence-corrected chi connectivity index (χ0v) is 33.7. The van der Waals surface area contributed by atoms with Gasteiger partial charge in [-0.3, -0.25) is 14.4 Å². The lowest BCUT2D eigenvalue weighted by Gasteiger charge is -2.72. The van der Waals surface area contributed by atoms with Gasteiger partial charge in [-0.2, -0.15) is 0 Å². The molecule has 50 heavy (non-hydrogen) atoms. The minimum Gasteiger partial charge on any atom is -0.468 e. The number of aliphatic hydroxyl groups is 1. The van der Waals surface area contributed by atoms with Crippen molar-refractivity contribution < 1.29 is 24.2 Å². The van der Waals surface area contributed by atoms with E-state index in [1.54, 1.807) is 13.1 Å². The number of rotatable bonds is 8. The standard InChI is InChI=1S/C42H61IN2O5/c1-26(2)29-14-20-41(37(49)44-23-17-27-10-9-11-28(24-27)36(48)45(7)25-34(47)50-8)21-22-42(43)30(35(29)41)12-13-32-39(5)18-16-33(46)38(3,4)31(39)15-19-40(32,42)6/h9-11,24,29-33,35,46H,1,12-23,25H2,2-8H3,(H,44,49)/t29-,30?,31?,32?,33?,35?,39?,40?,41?,42?/m1/s1. The molecule has 9 unspecified atom stereocenters. The largest absolute Gasteiger partial charge is 0.468 e. The highest BCUT2D eigenvalue weighted by Gasteiger charge is 2.72. The van der Waals surface area contributed by atoms with Gasteiger partial charge in [-0.1, -0.05) is 74.6 Å². The second-order valence-electron chi connectivity index (χ2n) is 18.1. The van der Waals surface area contributed by atoms with Crippen molar-refractivity contribution in [2.45, 2.75) is 115 Å². The highest BCUT2D eigenvalue weighted by atomic mass is 127. The monoisotopic (exact) mass is 800 g/mol. The number of halogens is 1. The number of methoxy groups -OCH3 is 1. The summed E-state index contributed by atoms with van der Waals surface area (Å²) in [6.07, 6.45) is 11.2. The van der Waals surface area contributed by atoms with Crippen LogP contribution < -0.4 is 5.32 Å². The summed E-state index contributed by atoms with van der Waals surface area (Å²) in [6.45, 7) is 16.9. The molecule has 7 nitrogen and oxygen atoms in total. The lowest BCUT2D eigenvalue weighted by atomic mass is 9.36. The van der Waals surface area contributed by atoms with Crippen LogP contribution in [0.5, 0.6) is 0 Å². The third-order valence-corrected chi connectivity index (χ3v) is 18.1. The topological polar surface area (TPSA) is 95.9 Å². The van der Waals surface area contributed by atoms with Crippen LogP contribution in [-0.4, -0.2) is 64.6 Å². The number of likely N-dealkylation sites (N-methyl/N-ethyl adjacent to an activating group) is 1. The van der Waals surface area contributed by atoms with Crippen molar-refractivity contribution in [2.24, 2.45) is 51.2 Å². The van der Waals surface area contributed by atoms with E-state index in [9.17, 15) is 19.5 Å². The van der Waals surface area contributed by atoms with E-state index in [4.69, 9.17) is 4.74 Å². The van der Waals surface area contributed by atoms with Crippen LogP contribution >= 0.6 is 22.6 Å². The molecule has 1 aromatic rings. The molecule has 8 heteroatoms. The summed E-state index contributed by atoms with van der Waals surface area (Å²) in [7, 11) is 2.91. The van der Waals surface area contributed by atoms with Crippen molar-refractivity contribution in [3.63, 3.8) is 0 Å². The Balaban J connectivity index is 1.20. The van der Waals surface area contributed by atoms with Gasteiger partial charge in [0.15, 0.2) is 0 Å². The van der Waals surface area contributed by atoms with Gasteiger partial charge in [-0.05, 0) is 141 Å². The minimum absolute atomic E-state index is 0.0579. The number of benzene rings is 1. The summed E-state index contributed by atoms with van der Waals surface area (Å²) >= 11 is 2.93. The van der Waals surface area contributed by atoms with Crippen LogP contribution in [0.3, 0.4) is 0 Å². The molecule has 0 aromatic heterocycles. The molecular formula is C42H61IN2O5. The summed E-state index contributed by atoms with van der Waals surface area (Å²) in [5.74, 6) is 1.81. The maximum Gasteiger partial charge on any atom is 0.325 e. The second kappa shape index (κ2) is 13.5. The minimum atomic E-state index is -0.460. The Labute approximate surface area is 314 Å². The number of nitrogens with zero attached hydrogens (tertiary/aromatic N) is 1. The molecule has 0 aliphatic heterocycles. The van der Waals surface area contributed by atoms with Crippen LogP contribution in [0.1, 0.15) is 115 Å². The molecule has 2 N–H and O–H groups in total. The van der Waals surface area contributed by atoms with Crippen molar-refractivity contribution in [1.82, 2.24) is 10.2 Å². The number of nitrogens with one attached hydrogen (secondary N) is 1. The number of amides is 2. The van der Waals surface area contributed by atoms with Crippen molar-refractivity contribution in [2.75, 3.05) is 27.2 Å². The molecule has 0 heterocycles.